The molecule has 0 radical (unpaired) electrons. The highest BCUT2D eigenvalue weighted by atomic mass is 19.4. The van der Waals surface area contributed by atoms with Crippen molar-refractivity contribution in [2.45, 2.75) is 45.8 Å². The summed E-state index contributed by atoms with van der Waals surface area (Å²) in [5, 5.41) is 2.91. The van der Waals surface area contributed by atoms with Crippen LogP contribution in [0.1, 0.15) is 39.2 Å². The van der Waals surface area contributed by atoms with Crippen LogP contribution in [0.4, 0.5) is 19.0 Å². The lowest BCUT2D eigenvalue weighted by atomic mass is 9.90. The summed E-state index contributed by atoms with van der Waals surface area (Å²) in [4.78, 5) is 29.4. The third kappa shape index (κ3) is 5.26. The molecule has 1 unspecified atom stereocenters. The number of anilines is 1. The number of rotatable bonds is 5. The summed E-state index contributed by atoms with van der Waals surface area (Å²) >= 11 is 0. The predicted molar refractivity (Wildman–Crippen MR) is 87.1 cm³/mol. The molecule has 1 aromatic rings. The third-order valence-corrected chi connectivity index (χ3v) is 3.83. The zero-order valence-corrected chi connectivity index (χ0v) is 14.5. The second-order valence-electron chi connectivity index (χ2n) is 7.39. The first-order valence-electron chi connectivity index (χ1n) is 8.07. The van der Waals surface area contributed by atoms with E-state index in [-0.39, 0.29) is 36.0 Å². The van der Waals surface area contributed by atoms with Crippen molar-refractivity contribution < 1.29 is 22.8 Å². The minimum atomic E-state index is -4.49. The smallest absolute Gasteiger partial charge is 0.299 e. The van der Waals surface area contributed by atoms with Crippen LogP contribution in [0, 0.1) is 5.41 Å². The molecule has 8 heteroatoms. The lowest BCUT2D eigenvalue weighted by Crippen LogP contribution is -2.41. The molecule has 0 spiro atoms. The quantitative estimate of drug-likeness (QED) is 0.880. The Labute approximate surface area is 144 Å². The molecule has 138 valence electrons. The molecule has 1 aliphatic rings. The second kappa shape index (κ2) is 7.11. The molecule has 0 aliphatic carbocycles. The molecule has 1 fully saturated rings. The Hall–Kier alpha value is -1.96. The first kappa shape index (κ1) is 19.4. The van der Waals surface area contributed by atoms with Gasteiger partial charge in [-0.2, -0.15) is 13.2 Å². The number of hydrogen-bond acceptors (Lipinski definition) is 4. The van der Waals surface area contributed by atoms with E-state index in [1.54, 1.807) is 0 Å². The average Bonchev–Trinajstić information content (AvgIpc) is 2.84. The summed E-state index contributed by atoms with van der Waals surface area (Å²) in [5.41, 5.74) is -0.978. The molecule has 1 aliphatic heterocycles. The van der Waals surface area contributed by atoms with Gasteiger partial charge >= 0.3 is 6.18 Å². The summed E-state index contributed by atoms with van der Waals surface area (Å²) in [6, 6.07) is 1.15. The zero-order valence-electron chi connectivity index (χ0n) is 14.5. The number of ketones is 1. The fourth-order valence-corrected chi connectivity index (χ4v) is 2.73. The standard InChI is InChI=1S/C17H22F3N3O2/c1-16(2,3)9-12(24)10-22-13-5-7-23(15(13)25)14-8-11(4-6-21-14)17(18,19)20/h4,6,8,13,22H,5,7,9-10H2,1-3H3. The van der Waals surface area contributed by atoms with Gasteiger partial charge in [0.25, 0.3) is 0 Å². The topological polar surface area (TPSA) is 62.3 Å². The van der Waals surface area contributed by atoms with Crippen LogP contribution >= 0.6 is 0 Å². The molecule has 0 bridgehead atoms. The summed E-state index contributed by atoms with van der Waals surface area (Å²) in [5.74, 6) is -0.392. The first-order chi connectivity index (χ1) is 11.5. The van der Waals surface area contributed by atoms with Crippen molar-refractivity contribution in [3.63, 3.8) is 0 Å². The number of aromatic nitrogens is 1. The largest absolute Gasteiger partial charge is 0.416 e. The van der Waals surface area contributed by atoms with Gasteiger partial charge in [0.2, 0.25) is 5.91 Å². The molecular weight excluding hydrogens is 335 g/mol. The molecule has 2 heterocycles. The van der Waals surface area contributed by atoms with E-state index in [0.29, 0.717) is 12.8 Å². The van der Waals surface area contributed by atoms with Crippen molar-refractivity contribution in [2.24, 2.45) is 5.41 Å². The first-order valence-corrected chi connectivity index (χ1v) is 8.07. The van der Waals surface area contributed by atoms with Crippen LogP contribution in [-0.2, 0) is 15.8 Å². The van der Waals surface area contributed by atoms with Crippen molar-refractivity contribution in [3.8, 4) is 0 Å². The van der Waals surface area contributed by atoms with E-state index in [1.165, 1.54) is 4.90 Å². The van der Waals surface area contributed by atoms with Crippen molar-refractivity contribution in [1.82, 2.24) is 10.3 Å². The average molecular weight is 357 g/mol. The number of carbonyl (C=O) groups excluding carboxylic acids is 2. The van der Waals surface area contributed by atoms with Gasteiger partial charge in [-0.25, -0.2) is 4.98 Å². The maximum Gasteiger partial charge on any atom is 0.416 e. The van der Waals surface area contributed by atoms with E-state index in [1.807, 2.05) is 20.8 Å². The number of pyridine rings is 1. The van der Waals surface area contributed by atoms with Crippen LogP contribution in [-0.4, -0.2) is 35.8 Å². The zero-order chi connectivity index (χ0) is 18.8. The number of hydrogen-bond donors (Lipinski definition) is 1. The highest BCUT2D eigenvalue weighted by Gasteiger charge is 2.36. The minimum absolute atomic E-state index is 0.00376. The van der Waals surface area contributed by atoms with Crippen LogP contribution in [0.3, 0.4) is 0 Å². The molecule has 2 rings (SSSR count). The van der Waals surface area contributed by atoms with Gasteiger partial charge in [0, 0.05) is 19.2 Å². The molecule has 1 aromatic heterocycles. The monoisotopic (exact) mass is 357 g/mol. The molecular formula is C17H22F3N3O2. The summed E-state index contributed by atoms with van der Waals surface area (Å²) < 4.78 is 38.4. The molecule has 1 amide bonds. The SMILES string of the molecule is CC(C)(C)CC(=O)CNC1CCN(c2cc(C(F)(F)F)ccn2)C1=O. The molecule has 1 atom stereocenters. The fraction of sp³-hybridized carbons (Fsp3) is 0.588. The minimum Gasteiger partial charge on any atom is -0.299 e. The van der Waals surface area contributed by atoms with Gasteiger partial charge < -0.3 is 0 Å². The number of alkyl halides is 3. The van der Waals surface area contributed by atoms with E-state index >= 15 is 0 Å². The van der Waals surface area contributed by atoms with Gasteiger partial charge in [-0.05, 0) is 24.0 Å². The van der Waals surface area contributed by atoms with Gasteiger partial charge in [-0.15, -0.1) is 0 Å². The maximum absolute atomic E-state index is 12.8. The molecule has 25 heavy (non-hydrogen) atoms. The Morgan fingerprint density at radius 3 is 2.64 bits per heavy atom. The van der Waals surface area contributed by atoms with E-state index in [4.69, 9.17) is 0 Å². The molecule has 0 aromatic carbocycles. The van der Waals surface area contributed by atoms with Gasteiger partial charge in [-0.1, -0.05) is 20.8 Å². The lowest BCUT2D eigenvalue weighted by molar-refractivity contribution is -0.137. The predicted octanol–water partition coefficient (Wildman–Crippen LogP) is 2.80. The molecule has 1 N–H and O–H groups in total. The Morgan fingerprint density at radius 1 is 1.36 bits per heavy atom. The third-order valence-electron chi connectivity index (χ3n) is 3.83. The molecule has 1 saturated heterocycles. The van der Waals surface area contributed by atoms with E-state index in [0.717, 1.165) is 18.3 Å². The normalized spacial score (nSPS) is 18.7. The highest BCUT2D eigenvalue weighted by molar-refractivity contribution is 5.99. The summed E-state index contributed by atoms with van der Waals surface area (Å²) in [7, 11) is 0. The van der Waals surface area contributed by atoms with Crippen LogP contribution in [0.2, 0.25) is 0 Å². The number of nitrogens with one attached hydrogen (secondary N) is 1. The van der Waals surface area contributed by atoms with Crippen LogP contribution < -0.4 is 10.2 Å². The van der Waals surface area contributed by atoms with Crippen molar-refractivity contribution in [2.75, 3.05) is 18.0 Å². The van der Waals surface area contributed by atoms with Gasteiger partial charge in [0.15, 0.2) is 0 Å². The van der Waals surface area contributed by atoms with Crippen molar-refractivity contribution in [3.05, 3.63) is 23.9 Å². The Morgan fingerprint density at radius 2 is 2.04 bits per heavy atom. The Kier molecular flexibility index (Phi) is 5.51. The number of halogens is 3. The number of nitrogens with zero attached hydrogens (tertiary/aromatic N) is 2. The lowest BCUT2D eigenvalue weighted by Gasteiger charge is -2.19. The van der Waals surface area contributed by atoms with Gasteiger partial charge in [-0.3, -0.25) is 19.8 Å². The van der Waals surface area contributed by atoms with Crippen molar-refractivity contribution >= 4 is 17.5 Å². The van der Waals surface area contributed by atoms with Gasteiger partial charge in [0.1, 0.15) is 11.6 Å². The van der Waals surface area contributed by atoms with Crippen molar-refractivity contribution in [1.29, 1.82) is 0 Å². The highest BCUT2D eigenvalue weighted by Crippen LogP contribution is 2.31. The van der Waals surface area contributed by atoms with E-state index in [9.17, 15) is 22.8 Å². The molecule has 5 nitrogen and oxygen atoms in total. The number of carbonyl (C=O) groups is 2. The Balaban J connectivity index is 1.99. The Bertz CT molecular complexity index is 653. The van der Waals surface area contributed by atoms with E-state index < -0.39 is 17.8 Å². The fourth-order valence-electron chi connectivity index (χ4n) is 2.73. The summed E-state index contributed by atoms with van der Waals surface area (Å²) in [6.07, 6.45) is -2.64. The maximum atomic E-state index is 12.8. The number of Topliss-reactive ketones (excluding diaryl/α,β-unsaturated/α-hetero) is 1. The summed E-state index contributed by atoms with van der Waals surface area (Å²) in [6.45, 7) is 6.18. The number of amides is 1. The van der Waals surface area contributed by atoms with Crippen LogP contribution in [0.25, 0.3) is 0 Å². The van der Waals surface area contributed by atoms with E-state index in [2.05, 4.69) is 10.3 Å². The van der Waals surface area contributed by atoms with Crippen LogP contribution in [0.15, 0.2) is 18.3 Å². The second-order valence-corrected chi connectivity index (χ2v) is 7.39. The van der Waals surface area contributed by atoms with Crippen LogP contribution in [0.5, 0.6) is 0 Å². The molecule has 0 saturated carbocycles. The van der Waals surface area contributed by atoms with Gasteiger partial charge in [0.05, 0.1) is 18.2 Å².